The van der Waals surface area contributed by atoms with Crippen molar-refractivity contribution >= 4 is 5.91 Å². The van der Waals surface area contributed by atoms with E-state index in [2.05, 4.69) is 0 Å². The zero-order chi connectivity index (χ0) is 7.84. The average molecular weight is 153 g/mol. The maximum absolute atomic E-state index is 11.3. The van der Waals surface area contributed by atoms with Crippen LogP contribution >= 0.6 is 0 Å². The van der Waals surface area contributed by atoms with Crippen LogP contribution in [-0.4, -0.2) is 23.9 Å². The van der Waals surface area contributed by atoms with E-state index in [-0.39, 0.29) is 0 Å². The first kappa shape index (κ1) is 7.14. The molecular formula is C9H15NO. The lowest BCUT2D eigenvalue weighted by atomic mass is 9.85. The number of hydrogen-bond donors (Lipinski definition) is 0. The molecule has 0 unspecified atom stereocenters. The molecule has 2 heteroatoms. The van der Waals surface area contributed by atoms with Gasteiger partial charge < -0.3 is 4.90 Å². The Morgan fingerprint density at radius 2 is 2.09 bits per heavy atom. The molecule has 0 aromatic carbocycles. The Balaban J connectivity index is 2.11. The second-order valence-corrected chi connectivity index (χ2v) is 3.82. The van der Waals surface area contributed by atoms with Crippen molar-refractivity contribution in [1.29, 1.82) is 0 Å². The molecule has 0 aromatic rings. The molecule has 1 amide bonds. The van der Waals surface area contributed by atoms with Crippen molar-refractivity contribution in [2.75, 3.05) is 7.05 Å². The van der Waals surface area contributed by atoms with Gasteiger partial charge in [-0.25, -0.2) is 0 Å². The van der Waals surface area contributed by atoms with Gasteiger partial charge in [-0.2, -0.15) is 0 Å². The van der Waals surface area contributed by atoms with E-state index in [1.165, 1.54) is 25.7 Å². The fourth-order valence-corrected chi connectivity index (χ4v) is 2.49. The van der Waals surface area contributed by atoms with Gasteiger partial charge in [0.25, 0.3) is 0 Å². The predicted octanol–water partition coefficient (Wildman–Crippen LogP) is 1.41. The Morgan fingerprint density at radius 3 is 2.82 bits per heavy atom. The highest BCUT2D eigenvalue weighted by Gasteiger charge is 2.38. The molecular weight excluding hydrogens is 138 g/mol. The molecule has 11 heavy (non-hydrogen) atoms. The van der Waals surface area contributed by atoms with Gasteiger partial charge in [0.15, 0.2) is 0 Å². The van der Waals surface area contributed by atoms with E-state index in [1.807, 2.05) is 11.9 Å². The normalized spacial score (nSPS) is 37.5. The second-order valence-electron chi connectivity index (χ2n) is 3.82. The second kappa shape index (κ2) is 2.50. The topological polar surface area (TPSA) is 20.3 Å². The van der Waals surface area contributed by atoms with Gasteiger partial charge in [0.1, 0.15) is 0 Å². The lowest BCUT2D eigenvalue weighted by Crippen LogP contribution is -2.33. The average Bonchev–Trinajstić information content (AvgIpc) is 2.30. The van der Waals surface area contributed by atoms with Crippen molar-refractivity contribution < 1.29 is 4.79 Å². The van der Waals surface area contributed by atoms with Gasteiger partial charge >= 0.3 is 0 Å². The van der Waals surface area contributed by atoms with Gasteiger partial charge in [0.05, 0.1) is 0 Å². The lowest BCUT2D eigenvalue weighted by Gasteiger charge is -2.28. The van der Waals surface area contributed by atoms with Crippen LogP contribution in [0.2, 0.25) is 0 Å². The third-order valence-corrected chi connectivity index (χ3v) is 3.20. The van der Waals surface area contributed by atoms with Crippen molar-refractivity contribution in [2.24, 2.45) is 5.92 Å². The number of nitrogens with zero attached hydrogens (tertiary/aromatic N) is 1. The van der Waals surface area contributed by atoms with E-state index < -0.39 is 0 Å². The maximum Gasteiger partial charge on any atom is 0.222 e. The van der Waals surface area contributed by atoms with E-state index in [9.17, 15) is 4.79 Å². The smallest absolute Gasteiger partial charge is 0.222 e. The lowest BCUT2D eigenvalue weighted by molar-refractivity contribution is -0.127. The summed E-state index contributed by atoms with van der Waals surface area (Å²) in [5.41, 5.74) is 0. The molecule has 0 N–H and O–H groups in total. The molecule has 2 fully saturated rings. The fraction of sp³-hybridized carbons (Fsp3) is 0.889. The summed E-state index contributed by atoms with van der Waals surface area (Å²) >= 11 is 0. The summed E-state index contributed by atoms with van der Waals surface area (Å²) < 4.78 is 0. The summed E-state index contributed by atoms with van der Waals surface area (Å²) in [6.07, 6.45) is 6.00. The number of carbonyl (C=O) groups excluding carboxylic acids is 1. The first-order valence-electron chi connectivity index (χ1n) is 4.54. The summed E-state index contributed by atoms with van der Waals surface area (Å²) in [7, 11) is 1.96. The zero-order valence-corrected chi connectivity index (χ0v) is 7.05. The van der Waals surface area contributed by atoms with Crippen molar-refractivity contribution in [1.82, 2.24) is 4.90 Å². The zero-order valence-electron chi connectivity index (χ0n) is 7.05. The highest BCUT2D eigenvalue weighted by atomic mass is 16.2. The van der Waals surface area contributed by atoms with Crippen LogP contribution in [0.25, 0.3) is 0 Å². The Morgan fingerprint density at radius 1 is 1.36 bits per heavy atom. The van der Waals surface area contributed by atoms with Crippen LogP contribution < -0.4 is 0 Å². The Kier molecular flexibility index (Phi) is 1.63. The van der Waals surface area contributed by atoms with E-state index in [0.717, 1.165) is 6.42 Å². The molecule has 1 saturated heterocycles. The monoisotopic (exact) mass is 153 g/mol. The molecule has 0 radical (unpaired) electrons. The first-order valence-corrected chi connectivity index (χ1v) is 4.54. The highest BCUT2D eigenvalue weighted by molar-refractivity contribution is 5.79. The van der Waals surface area contributed by atoms with Gasteiger partial charge in [0, 0.05) is 19.5 Å². The van der Waals surface area contributed by atoms with E-state index in [1.54, 1.807) is 0 Å². The van der Waals surface area contributed by atoms with Gasteiger partial charge in [-0.1, -0.05) is 12.8 Å². The van der Waals surface area contributed by atoms with Crippen LogP contribution in [0.15, 0.2) is 0 Å². The van der Waals surface area contributed by atoms with Gasteiger partial charge in [-0.05, 0) is 18.8 Å². The minimum absolute atomic E-state index is 0.363. The number of fused-ring (bicyclic) bond motifs is 1. The van der Waals surface area contributed by atoms with Gasteiger partial charge in [-0.3, -0.25) is 4.79 Å². The SMILES string of the molecule is CN1C(=O)C[C@@H]2CCCC[C@@H]21. The van der Waals surface area contributed by atoms with Crippen LogP contribution in [-0.2, 0) is 4.79 Å². The van der Waals surface area contributed by atoms with Crippen molar-refractivity contribution in [3.63, 3.8) is 0 Å². The minimum atomic E-state index is 0.363. The number of rotatable bonds is 0. The Labute approximate surface area is 67.6 Å². The molecule has 2 nitrogen and oxygen atoms in total. The van der Waals surface area contributed by atoms with Crippen LogP contribution in [0.3, 0.4) is 0 Å². The van der Waals surface area contributed by atoms with Crippen molar-refractivity contribution in [2.45, 2.75) is 38.1 Å². The molecule has 0 spiro atoms. The first-order chi connectivity index (χ1) is 5.29. The van der Waals surface area contributed by atoms with Crippen LogP contribution in [0.5, 0.6) is 0 Å². The molecule has 1 saturated carbocycles. The summed E-state index contributed by atoms with van der Waals surface area (Å²) in [6, 6.07) is 0.594. The summed E-state index contributed by atoms with van der Waals surface area (Å²) in [4.78, 5) is 13.2. The Hall–Kier alpha value is -0.530. The third kappa shape index (κ3) is 1.05. The maximum atomic E-state index is 11.3. The quantitative estimate of drug-likeness (QED) is 0.515. The van der Waals surface area contributed by atoms with Gasteiger partial charge in [-0.15, -0.1) is 0 Å². The van der Waals surface area contributed by atoms with E-state index in [4.69, 9.17) is 0 Å². The largest absolute Gasteiger partial charge is 0.342 e. The van der Waals surface area contributed by atoms with Crippen LogP contribution in [0.1, 0.15) is 32.1 Å². The number of carbonyl (C=O) groups is 1. The summed E-state index contributed by atoms with van der Waals surface area (Å²) in [5, 5.41) is 0. The predicted molar refractivity (Wildman–Crippen MR) is 43.1 cm³/mol. The molecule has 0 aromatic heterocycles. The van der Waals surface area contributed by atoms with Crippen molar-refractivity contribution in [3.05, 3.63) is 0 Å². The molecule has 2 rings (SSSR count). The third-order valence-electron chi connectivity index (χ3n) is 3.20. The van der Waals surface area contributed by atoms with Crippen LogP contribution in [0.4, 0.5) is 0 Å². The molecule has 0 bridgehead atoms. The van der Waals surface area contributed by atoms with Gasteiger partial charge in [0.2, 0.25) is 5.91 Å². The number of likely N-dealkylation sites (tertiary alicyclic amines) is 1. The minimum Gasteiger partial charge on any atom is -0.342 e. The molecule has 2 atom stereocenters. The molecule has 2 aliphatic rings. The Bertz CT molecular complexity index is 178. The van der Waals surface area contributed by atoms with Crippen molar-refractivity contribution in [3.8, 4) is 0 Å². The molecule has 1 aliphatic carbocycles. The number of amides is 1. The standard InChI is InChI=1S/C9H15NO/c1-10-8-5-3-2-4-7(8)6-9(10)11/h7-8H,2-6H2,1H3/t7-,8-/m0/s1. The van der Waals surface area contributed by atoms with E-state index >= 15 is 0 Å². The molecule has 1 aliphatic heterocycles. The fourth-order valence-electron chi connectivity index (χ4n) is 2.49. The van der Waals surface area contributed by atoms with Crippen LogP contribution in [0, 0.1) is 5.92 Å². The van der Waals surface area contributed by atoms with E-state index in [0.29, 0.717) is 17.9 Å². The number of hydrogen-bond acceptors (Lipinski definition) is 1. The molecule has 1 heterocycles. The summed E-state index contributed by atoms with van der Waals surface area (Å²) in [6.45, 7) is 0. The summed E-state index contributed by atoms with van der Waals surface area (Å²) in [5.74, 6) is 1.06. The highest BCUT2D eigenvalue weighted by Crippen LogP contribution is 2.35. The molecule has 62 valence electrons.